The Labute approximate surface area is 244 Å². The Morgan fingerprint density at radius 3 is 1.97 bits per heavy atom. The van der Waals surface area contributed by atoms with Crippen molar-refractivity contribution in [3.63, 3.8) is 0 Å². The summed E-state index contributed by atoms with van der Waals surface area (Å²) >= 11 is 9.68. The highest BCUT2D eigenvalue weighted by Gasteiger charge is 2.23. The van der Waals surface area contributed by atoms with Gasteiger partial charge in [-0.3, -0.25) is 4.79 Å². The third kappa shape index (κ3) is 9.40. The first kappa shape index (κ1) is 30.7. The summed E-state index contributed by atoms with van der Waals surface area (Å²) in [6.07, 6.45) is 6.66. The molecular formula is C32H36BrClO5. The average Bonchev–Trinajstić information content (AvgIpc) is 2.95. The maximum Gasteiger partial charge on any atom is 0.343 e. The summed E-state index contributed by atoms with van der Waals surface area (Å²) in [5.41, 5.74) is 2.29. The summed E-state index contributed by atoms with van der Waals surface area (Å²) in [7, 11) is 0. The van der Waals surface area contributed by atoms with E-state index in [0.29, 0.717) is 29.4 Å². The Bertz CT molecular complexity index is 1210. The van der Waals surface area contributed by atoms with Crippen molar-refractivity contribution in [2.75, 3.05) is 6.61 Å². The van der Waals surface area contributed by atoms with Gasteiger partial charge in [-0.2, -0.15) is 0 Å². The van der Waals surface area contributed by atoms with E-state index in [0.717, 1.165) is 34.9 Å². The molecule has 5 nitrogen and oxygen atoms in total. The van der Waals surface area contributed by atoms with Crippen LogP contribution in [0.25, 0.3) is 11.1 Å². The molecule has 0 heterocycles. The average molecular weight is 616 g/mol. The van der Waals surface area contributed by atoms with Crippen LogP contribution in [0.15, 0.2) is 71.2 Å². The van der Waals surface area contributed by atoms with Gasteiger partial charge >= 0.3 is 11.9 Å². The summed E-state index contributed by atoms with van der Waals surface area (Å²) in [5.74, 6) is 0.738. The van der Waals surface area contributed by atoms with Crippen LogP contribution in [0.1, 0.15) is 69.7 Å². The number of rotatable bonds is 14. The van der Waals surface area contributed by atoms with Crippen molar-refractivity contribution < 1.29 is 23.8 Å². The topological polar surface area (TPSA) is 61.8 Å². The van der Waals surface area contributed by atoms with Gasteiger partial charge in [0.15, 0.2) is 0 Å². The smallest absolute Gasteiger partial charge is 0.343 e. The lowest BCUT2D eigenvalue weighted by Gasteiger charge is -2.15. The predicted octanol–water partition coefficient (Wildman–Crippen LogP) is 9.24. The summed E-state index contributed by atoms with van der Waals surface area (Å²) in [5, 5.41) is -0.678. The van der Waals surface area contributed by atoms with Crippen LogP contribution >= 0.6 is 27.5 Å². The molecule has 3 aromatic carbocycles. The van der Waals surface area contributed by atoms with Gasteiger partial charge in [0.2, 0.25) is 0 Å². The Kier molecular flexibility index (Phi) is 12.3. The molecule has 3 rings (SSSR count). The number of ether oxygens (including phenoxy) is 3. The van der Waals surface area contributed by atoms with Gasteiger partial charge in [-0.15, -0.1) is 11.6 Å². The second-order valence-corrected chi connectivity index (χ2v) is 10.9. The van der Waals surface area contributed by atoms with Crippen molar-refractivity contribution in [3.8, 4) is 28.4 Å². The molecule has 39 heavy (non-hydrogen) atoms. The molecule has 2 atom stereocenters. The van der Waals surface area contributed by atoms with Crippen LogP contribution in [0.5, 0.6) is 17.2 Å². The normalized spacial score (nSPS) is 12.4. The fraction of sp³-hybridized carbons (Fsp3) is 0.375. The van der Waals surface area contributed by atoms with E-state index >= 15 is 0 Å². The van der Waals surface area contributed by atoms with E-state index in [1.165, 1.54) is 19.3 Å². The van der Waals surface area contributed by atoms with Gasteiger partial charge in [0.25, 0.3) is 0 Å². The van der Waals surface area contributed by atoms with Crippen LogP contribution in [0.3, 0.4) is 0 Å². The molecule has 0 fully saturated rings. The molecule has 208 valence electrons. The maximum atomic E-state index is 12.7. The fourth-order valence-corrected chi connectivity index (χ4v) is 4.56. The fourth-order valence-electron chi connectivity index (χ4n) is 3.84. The number of hydrogen-bond donors (Lipinski definition) is 0. The Balaban J connectivity index is 1.53. The number of benzene rings is 3. The van der Waals surface area contributed by atoms with E-state index in [9.17, 15) is 9.59 Å². The number of hydrogen-bond acceptors (Lipinski definition) is 5. The predicted molar refractivity (Wildman–Crippen MR) is 160 cm³/mol. The van der Waals surface area contributed by atoms with Crippen LogP contribution in [-0.2, 0) is 4.79 Å². The third-order valence-electron chi connectivity index (χ3n) is 6.51. The highest BCUT2D eigenvalue weighted by Crippen LogP contribution is 2.28. The summed E-state index contributed by atoms with van der Waals surface area (Å²) < 4.78 is 17.5. The van der Waals surface area contributed by atoms with Crippen molar-refractivity contribution >= 4 is 39.5 Å². The minimum Gasteiger partial charge on any atom is -0.492 e. The molecule has 0 unspecified atom stereocenters. The first-order valence-electron chi connectivity index (χ1n) is 13.5. The zero-order valence-corrected chi connectivity index (χ0v) is 25.1. The second-order valence-electron chi connectivity index (χ2n) is 9.55. The molecule has 0 aliphatic carbocycles. The number of alkyl halides is 1. The molecular weight excluding hydrogens is 580 g/mol. The van der Waals surface area contributed by atoms with E-state index in [4.69, 9.17) is 25.8 Å². The van der Waals surface area contributed by atoms with E-state index in [1.807, 2.05) is 38.1 Å². The molecule has 0 aliphatic rings. The molecule has 3 aromatic rings. The lowest BCUT2D eigenvalue weighted by molar-refractivity contribution is -0.134. The SMILES string of the molecule is CCCCCCCOc1ccc(C(=O)Oc2ccc(-c3ccc(OC(=O)[C@@H](Cl)[C@@H](C)CC)cc3)cc2)cc1Br. The molecule has 0 spiro atoms. The first-order chi connectivity index (χ1) is 18.8. The lowest BCUT2D eigenvalue weighted by Crippen LogP contribution is -2.26. The summed E-state index contributed by atoms with van der Waals surface area (Å²) in [6.45, 7) is 6.75. The quantitative estimate of drug-likeness (QED) is 0.0783. The van der Waals surface area contributed by atoms with Gasteiger partial charge in [-0.1, -0.05) is 77.1 Å². The molecule has 0 radical (unpaired) electrons. The van der Waals surface area contributed by atoms with Crippen molar-refractivity contribution in [2.45, 2.75) is 64.7 Å². The number of halogens is 2. The van der Waals surface area contributed by atoms with Crippen LogP contribution < -0.4 is 14.2 Å². The van der Waals surface area contributed by atoms with Gasteiger partial charge in [-0.25, -0.2) is 4.79 Å². The summed E-state index contributed by atoms with van der Waals surface area (Å²) in [4.78, 5) is 24.9. The molecule has 0 aliphatic heterocycles. The monoisotopic (exact) mass is 614 g/mol. The molecule has 0 saturated carbocycles. The molecule has 7 heteroatoms. The van der Waals surface area contributed by atoms with Crippen molar-refractivity contribution in [2.24, 2.45) is 5.92 Å². The highest BCUT2D eigenvalue weighted by atomic mass is 79.9. The largest absolute Gasteiger partial charge is 0.492 e. The van der Waals surface area contributed by atoms with E-state index in [2.05, 4.69) is 22.9 Å². The van der Waals surface area contributed by atoms with E-state index in [-0.39, 0.29) is 5.92 Å². The van der Waals surface area contributed by atoms with Gasteiger partial charge in [0.05, 0.1) is 16.6 Å². The molecule has 0 saturated heterocycles. The highest BCUT2D eigenvalue weighted by molar-refractivity contribution is 9.10. The van der Waals surface area contributed by atoms with Crippen LogP contribution in [-0.4, -0.2) is 23.9 Å². The first-order valence-corrected chi connectivity index (χ1v) is 14.8. The van der Waals surface area contributed by atoms with E-state index < -0.39 is 17.3 Å². The third-order valence-corrected chi connectivity index (χ3v) is 7.74. The Morgan fingerprint density at radius 2 is 1.41 bits per heavy atom. The van der Waals surface area contributed by atoms with Gasteiger partial charge in [0.1, 0.15) is 22.6 Å². The van der Waals surface area contributed by atoms with Crippen molar-refractivity contribution in [1.82, 2.24) is 0 Å². The van der Waals surface area contributed by atoms with Crippen molar-refractivity contribution in [3.05, 3.63) is 76.8 Å². The maximum absolute atomic E-state index is 12.7. The molecule has 0 amide bonds. The second kappa shape index (κ2) is 15.7. The number of unbranched alkanes of at least 4 members (excludes halogenated alkanes) is 4. The van der Waals surface area contributed by atoms with Crippen LogP contribution in [0, 0.1) is 5.92 Å². The zero-order valence-electron chi connectivity index (χ0n) is 22.8. The minimum absolute atomic E-state index is 0.0378. The standard InChI is InChI=1S/C32H36BrClO5/c1-4-6-7-8-9-20-37-29-19-14-25(21-28(29)33)31(35)38-26-15-10-23(11-16-26)24-12-17-27(18-13-24)39-32(36)30(34)22(3)5-2/h10-19,21-22,30H,4-9,20H2,1-3H3/t22-,30-/m0/s1. The molecule has 0 N–H and O–H groups in total. The van der Waals surface area contributed by atoms with Gasteiger partial charge in [-0.05, 0) is 81.9 Å². The zero-order chi connectivity index (χ0) is 28.2. The number of carbonyl (C=O) groups is 2. The van der Waals surface area contributed by atoms with Gasteiger partial charge in [0, 0.05) is 0 Å². The number of esters is 2. The lowest BCUT2D eigenvalue weighted by atomic mass is 10.0. The van der Waals surface area contributed by atoms with Gasteiger partial charge < -0.3 is 14.2 Å². The van der Waals surface area contributed by atoms with Crippen molar-refractivity contribution in [1.29, 1.82) is 0 Å². The van der Waals surface area contributed by atoms with Crippen LogP contribution in [0.2, 0.25) is 0 Å². The summed E-state index contributed by atoms with van der Waals surface area (Å²) in [6, 6.07) is 19.6. The Hall–Kier alpha value is -2.83. The van der Waals surface area contributed by atoms with Crippen LogP contribution in [0.4, 0.5) is 0 Å². The Morgan fingerprint density at radius 1 is 0.821 bits per heavy atom. The molecule has 0 bridgehead atoms. The van der Waals surface area contributed by atoms with E-state index in [1.54, 1.807) is 42.5 Å². The number of carbonyl (C=O) groups excluding carboxylic acids is 2. The minimum atomic E-state index is -0.678. The molecule has 0 aromatic heterocycles.